The molecule has 8 heteroatoms. The van der Waals surface area contributed by atoms with E-state index in [1.807, 2.05) is 0 Å². The number of allylic oxidation sites excluding steroid dienone is 1. The number of hydrogen-bond donors (Lipinski definition) is 0. The molecule has 2 heterocycles. The largest absolute Gasteiger partial charge is 0.482 e. The van der Waals surface area contributed by atoms with Gasteiger partial charge in [-0.05, 0) is 57.5 Å². The fraction of sp³-hybridized carbons (Fsp3) is 0.333. The number of ether oxygens (including phenoxy) is 5. The molecule has 2 aromatic carbocycles. The molecule has 0 unspecified atom stereocenters. The average Bonchev–Trinajstić information content (AvgIpc) is 3.00. The van der Waals surface area contributed by atoms with E-state index >= 15 is 0 Å². The summed E-state index contributed by atoms with van der Waals surface area (Å²) in [4.78, 5) is 24.9. The second-order valence-corrected chi connectivity index (χ2v) is 8.96. The van der Waals surface area contributed by atoms with Gasteiger partial charge in [0.25, 0.3) is 0 Å². The van der Waals surface area contributed by atoms with Crippen molar-refractivity contribution in [2.75, 3.05) is 13.4 Å². The van der Waals surface area contributed by atoms with Crippen molar-refractivity contribution in [1.29, 1.82) is 0 Å². The number of benzene rings is 2. The second-order valence-electron chi connectivity index (χ2n) is 8.52. The maximum absolute atomic E-state index is 13.0. The van der Waals surface area contributed by atoms with Gasteiger partial charge in [-0.3, -0.25) is 4.79 Å². The van der Waals surface area contributed by atoms with Crippen LogP contribution in [0.15, 0.2) is 30.0 Å². The summed E-state index contributed by atoms with van der Waals surface area (Å²) in [7, 11) is 0. The van der Waals surface area contributed by atoms with Gasteiger partial charge in [-0.1, -0.05) is 11.6 Å². The van der Waals surface area contributed by atoms with Crippen LogP contribution in [0, 0.1) is 6.92 Å². The molecule has 0 atom stereocenters. The van der Waals surface area contributed by atoms with E-state index in [4.69, 9.17) is 35.3 Å². The zero-order valence-corrected chi connectivity index (χ0v) is 19.0. The Bertz CT molecular complexity index is 1130. The molecule has 0 radical (unpaired) electrons. The van der Waals surface area contributed by atoms with Crippen LogP contribution in [0.3, 0.4) is 0 Å². The lowest BCUT2D eigenvalue weighted by molar-refractivity contribution is -0.157. The Hall–Kier alpha value is -3.03. The van der Waals surface area contributed by atoms with Crippen LogP contribution in [-0.2, 0) is 20.9 Å². The number of halogens is 1. The molecule has 0 aliphatic carbocycles. The van der Waals surface area contributed by atoms with Crippen molar-refractivity contribution in [2.24, 2.45) is 0 Å². The SMILES string of the molecule is Cc1cc(OCC(=O)OC(C)(C)C)cc2c1C(=O)/C(=C/c1cc(Cl)cc3c1OCOC3)O2. The third kappa shape index (κ3) is 4.74. The minimum absolute atomic E-state index is 0.122. The fourth-order valence-corrected chi connectivity index (χ4v) is 3.78. The Kier molecular flexibility index (Phi) is 5.88. The molecule has 0 aromatic heterocycles. The highest BCUT2D eigenvalue weighted by molar-refractivity contribution is 6.31. The van der Waals surface area contributed by atoms with Crippen LogP contribution < -0.4 is 14.2 Å². The van der Waals surface area contributed by atoms with E-state index in [0.29, 0.717) is 45.6 Å². The van der Waals surface area contributed by atoms with Crippen LogP contribution in [0.2, 0.25) is 5.02 Å². The van der Waals surface area contributed by atoms with Gasteiger partial charge in [-0.25, -0.2) is 4.79 Å². The lowest BCUT2D eigenvalue weighted by Crippen LogP contribution is -2.27. The molecule has 0 saturated carbocycles. The molecule has 2 aliphatic heterocycles. The van der Waals surface area contributed by atoms with Crippen molar-refractivity contribution in [1.82, 2.24) is 0 Å². The van der Waals surface area contributed by atoms with Crippen molar-refractivity contribution in [3.63, 3.8) is 0 Å². The molecule has 32 heavy (non-hydrogen) atoms. The normalized spacial score (nSPS) is 16.2. The first-order valence-corrected chi connectivity index (χ1v) is 10.4. The van der Waals surface area contributed by atoms with Gasteiger partial charge in [-0.2, -0.15) is 0 Å². The van der Waals surface area contributed by atoms with Crippen molar-refractivity contribution in [2.45, 2.75) is 39.9 Å². The van der Waals surface area contributed by atoms with Crippen molar-refractivity contribution < 1.29 is 33.3 Å². The molecule has 0 fully saturated rings. The van der Waals surface area contributed by atoms with E-state index in [1.54, 1.807) is 58.0 Å². The van der Waals surface area contributed by atoms with Crippen LogP contribution in [0.25, 0.3) is 6.08 Å². The molecule has 0 bridgehead atoms. The van der Waals surface area contributed by atoms with E-state index in [2.05, 4.69) is 0 Å². The van der Waals surface area contributed by atoms with E-state index in [-0.39, 0.29) is 24.9 Å². The standard InChI is InChI=1S/C24H23ClO7/c1-13-5-17(29-11-20(26)32-24(2,3)4)9-18-21(13)22(27)19(31-18)8-14-6-16(25)7-15-10-28-12-30-23(14)15/h5-9H,10-12H2,1-4H3/b19-8-. The van der Waals surface area contributed by atoms with Gasteiger partial charge in [0.2, 0.25) is 5.78 Å². The third-order valence-corrected chi connectivity index (χ3v) is 4.93. The maximum Gasteiger partial charge on any atom is 0.344 e. The topological polar surface area (TPSA) is 80.3 Å². The van der Waals surface area contributed by atoms with Crippen molar-refractivity contribution in [3.8, 4) is 17.2 Å². The lowest BCUT2D eigenvalue weighted by Gasteiger charge is -2.20. The number of hydrogen-bond acceptors (Lipinski definition) is 7. The number of aryl methyl sites for hydroxylation is 1. The van der Waals surface area contributed by atoms with Gasteiger partial charge in [0, 0.05) is 22.2 Å². The molecule has 2 aliphatic rings. The summed E-state index contributed by atoms with van der Waals surface area (Å²) in [6, 6.07) is 6.75. The third-order valence-electron chi connectivity index (χ3n) is 4.71. The highest BCUT2D eigenvalue weighted by atomic mass is 35.5. The number of carbonyl (C=O) groups is 2. The van der Waals surface area contributed by atoms with Crippen molar-refractivity contribution in [3.05, 3.63) is 57.3 Å². The summed E-state index contributed by atoms with van der Waals surface area (Å²) in [6.07, 6.45) is 1.61. The van der Waals surface area contributed by atoms with E-state index < -0.39 is 11.6 Å². The minimum Gasteiger partial charge on any atom is -0.482 e. The molecule has 0 spiro atoms. The predicted molar refractivity (Wildman–Crippen MR) is 117 cm³/mol. The van der Waals surface area contributed by atoms with Crippen LogP contribution in [0.1, 0.15) is 47.8 Å². The summed E-state index contributed by atoms with van der Waals surface area (Å²) < 4.78 is 27.6. The zero-order chi connectivity index (χ0) is 23.0. The van der Waals surface area contributed by atoms with Gasteiger partial charge < -0.3 is 23.7 Å². The zero-order valence-electron chi connectivity index (χ0n) is 18.2. The Labute approximate surface area is 190 Å². The molecule has 0 amide bonds. The van der Waals surface area contributed by atoms with Gasteiger partial charge in [0.1, 0.15) is 22.8 Å². The van der Waals surface area contributed by atoms with Crippen LogP contribution in [0.5, 0.6) is 17.2 Å². The van der Waals surface area contributed by atoms with E-state index in [0.717, 1.165) is 5.56 Å². The number of rotatable bonds is 4. The minimum atomic E-state index is -0.598. The molecular weight excluding hydrogens is 436 g/mol. The first-order chi connectivity index (χ1) is 15.1. The van der Waals surface area contributed by atoms with Crippen LogP contribution >= 0.6 is 11.6 Å². The van der Waals surface area contributed by atoms with Crippen molar-refractivity contribution >= 4 is 29.4 Å². The van der Waals surface area contributed by atoms with Crippen LogP contribution in [0.4, 0.5) is 0 Å². The molecule has 0 saturated heterocycles. The van der Waals surface area contributed by atoms with E-state index in [9.17, 15) is 9.59 Å². The monoisotopic (exact) mass is 458 g/mol. The summed E-state index contributed by atoms with van der Waals surface area (Å²) in [5.74, 6) is 0.785. The molecule has 4 rings (SSSR count). The number of Topliss-reactive ketones (excluding diaryl/α,β-unsaturated/α-hetero) is 1. The quantitative estimate of drug-likeness (QED) is 0.478. The molecule has 168 valence electrons. The number of ketones is 1. The Morgan fingerprint density at radius 1 is 1.22 bits per heavy atom. The predicted octanol–water partition coefficient (Wildman–Crippen LogP) is 4.85. The highest BCUT2D eigenvalue weighted by Gasteiger charge is 2.31. The summed E-state index contributed by atoms with van der Waals surface area (Å²) in [5, 5.41) is 0.502. The van der Waals surface area contributed by atoms with Crippen LogP contribution in [-0.4, -0.2) is 30.8 Å². The van der Waals surface area contributed by atoms with Gasteiger partial charge in [-0.15, -0.1) is 0 Å². The van der Waals surface area contributed by atoms with E-state index in [1.165, 1.54) is 0 Å². The molecule has 7 nitrogen and oxygen atoms in total. The molecular formula is C24H23ClO7. The fourth-order valence-electron chi connectivity index (χ4n) is 3.53. The summed E-state index contributed by atoms with van der Waals surface area (Å²) >= 11 is 6.22. The Morgan fingerprint density at radius 3 is 2.75 bits per heavy atom. The Balaban J connectivity index is 1.57. The first-order valence-electron chi connectivity index (χ1n) is 10.1. The second kappa shape index (κ2) is 8.48. The number of esters is 1. The maximum atomic E-state index is 13.0. The van der Waals surface area contributed by atoms with Gasteiger partial charge >= 0.3 is 5.97 Å². The molecule has 0 N–H and O–H groups in total. The highest BCUT2D eigenvalue weighted by Crippen LogP contribution is 2.39. The Morgan fingerprint density at radius 2 is 2.00 bits per heavy atom. The number of carbonyl (C=O) groups excluding carboxylic acids is 2. The molecule has 2 aromatic rings. The van der Waals surface area contributed by atoms with Gasteiger partial charge in [0.05, 0.1) is 12.2 Å². The summed E-state index contributed by atoms with van der Waals surface area (Å²) in [6.45, 7) is 7.38. The first kappa shape index (κ1) is 22.2. The smallest absolute Gasteiger partial charge is 0.344 e. The average molecular weight is 459 g/mol. The number of fused-ring (bicyclic) bond motifs is 2. The summed E-state index contributed by atoms with van der Waals surface area (Å²) in [5.41, 5.74) is 1.95. The lowest BCUT2D eigenvalue weighted by atomic mass is 10.0. The van der Waals surface area contributed by atoms with Gasteiger partial charge in [0.15, 0.2) is 19.2 Å².